The van der Waals surface area contributed by atoms with E-state index in [0.717, 1.165) is 62.9 Å². The topological polar surface area (TPSA) is 81.6 Å². The highest BCUT2D eigenvalue weighted by Gasteiger charge is 2.50. The van der Waals surface area contributed by atoms with Crippen molar-refractivity contribution in [1.82, 2.24) is 10.6 Å². The van der Waals surface area contributed by atoms with Gasteiger partial charge in [0.1, 0.15) is 11.3 Å². The number of carboxylic acid groups (broad SMARTS) is 1. The van der Waals surface area contributed by atoms with Crippen LogP contribution in [0.25, 0.3) is 0 Å². The lowest BCUT2D eigenvalue weighted by atomic mass is 9.62. The number of piperidine rings is 1. The van der Waals surface area contributed by atoms with Gasteiger partial charge in [-0.05, 0) is 56.7 Å². The molecule has 2 heterocycles. The van der Waals surface area contributed by atoms with Gasteiger partial charge in [-0.2, -0.15) is 0 Å². The van der Waals surface area contributed by atoms with Crippen molar-refractivity contribution in [1.29, 1.82) is 0 Å². The minimum atomic E-state index is -1.01. The van der Waals surface area contributed by atoms with Gasteiger partial charge in [-0.25, -0.2) is 4.79 Å². The Morgan fingerprint density at radius 1 is 1.21 bits per heavy atom. The van der Waals surface area contributed by atoms with Crippen molar-refractivity contribution in [3.63, 3.8) is 0 Å². The molecule has 24 heavy (non-hydrogen) atoms. The zero-order valence-electron chi connectivity index (χ0n) is 14.0. The van der Waals surface area contributed by atoms with Gasteiger partial charge in [0.05, 0.1) is 11.2 Å². The Labute approximate surface area is 142 Å². The molecule has 4 N–H and O–H groups in total. The summed E-state index contributed by atoms with van der Waals surface area (Å²) in [6.07, 6.45) is 11.3. The third kappa shape index (κ3) is 2.29. The zero-order chi connectivity index (χ0) is 16.7. The summed E-state index contributed by atoms with van der Waals surface area (Å²) in [5.74, 6) is -0.410. The Kier molecular flexibility index (Phi) is 3.91. The van der Waals surface area contributed by atoms with Crippen LogP contribution < -0.4 is 10.6 Å². The molecular weight excluding hydrogens is 304 g/mol. The maximum Gasteiger partial charge on any atom is 0.339 e. The van der Waals surface area contributed by atoms with Crippen molar-refractivity contribution in [2.45, 2.75) is 50.5 Å². The van der Waals surface area contributed by atoms with Crippen LogP contribution in [0.4, 0.5) is 0 Å². The number of carbonyl (C=O) groups is 1. The number of allylic oxidation sites excluding steroid dienone is 2. The summed E-state index contributed by atoms with van der Waals surface area (Å²) in [7, 11) is 0. The van der Waals surface area contributed by atoms with Crippen molar-refractivity contribution >= 4 is 5.97 Å². The molecule has 0 aromatic rings. The Bertz CT molecular complexity index is 643. The van der Waals surface area contributed by atoms with Crippen molar-refractivity contribution in [2.75, 3.05) is 13.1 Å². The first-order valence-electron chi connectivity index (χ1n) is 9.20. The number of rotatable bonds is 2. The van der Waals surface area contributed by atoms with Crippen LogP contribution in [0.5, 0.6) is 0 Å². The molecule has 1 saturated heterocycles. The predicted molar refractivity (Wildman–Crippen MR) is 91.5 cm³/mol. The standard InChI is InChI=1S/C19H26N2O3/c22-17-15(18(23)24)14-6-3-5-13-4-1-2-9-19(13,14)21-16(17)12-7-10-20-11-8-12/h3,6,12-13,20-22H,1-2,4-5,7-11H2,(H,23,24). The van der Waals surface area contributed by atoms with E-state index in [0.29, 0.717) is 5.92 Å². The molecule has 0 bridgehead atoms. The molecule has 2 fully saturated rings. The van der Waals surface area contributed by atoms with Gasteiger partial charge in [0.15, 0.2) is 0 Å². The van der Waals surface area contributed by atoms with Crippen molar-refractivity contribution < 1.29 is 15.0 Å². The van der Waals surface area contributed by atoms with Gasteiger partial charge in [-0.1, -0.05) is 25.0 Å². The highest BCUT2D eigenvalue weighted by atomic mass is 16.4. The summed E-state index contributed by atoms with van der Waals surface area (Å²) < 4.78 is 0. The van der Waals surface area contributed by atoms with E-state index >= 15 is 0 Å². The van der Waals surface area contributed by atoms with E-state index in [1.54, 1.807) is 0 Å². The second-order valence-corrected chi connectivity index (χ2v) is 7.56. The van der Waals surface area contributed by atoms with Crippen LogP contribution in [0.1, 0.15) is 44.9 Å². The summed E-state index contributed by atoms with van der Waals surface area (Å²) in [5.41, 5.74) is 1.40. The third-order valence-electron chi connectivity index (χ3n) is 6.34. The van der Waals surface area contributed by atoms with Gasteiger partial charge >= 0.3 is 5.97 Å². The second kappa shape index (κ2) is 5.96. The molecule has 2 unspecified atom stereocenters. The molecule has 1 saturated carbocycles. The van der Waals surface area contributed by atoms with Crippen LogP contribution in [-0.2, 0) is 4.79 Å². The Balaban J connectivity index is 1.85. The number of aliphatic hydroxyl groups is 1. The molecule has 0 radical (unpaired) electrons. The van der Waals surface area contributed by atoms with Crippen molar-refractivity contribution in [3.8, 4) is 0 Å². The normalized spacial score (nSPS) is 33.8. The smallest absolute Gasteiger partial charge is 0.339 e. The maximum absolute atomic E-state index is 12.0. The van der Waals surface area contributed by atoms with Gasteiger partial charge in [-0.3, -0.25) is 0 Å². The van der Waals surface area contributed by atoms with Gasteiger partial charge in [0, 0.05) is 5.92 Å². The lowest BCUT2D eigenvalue weighted by Gasteiger charge is -2.52. The highest BCUT2D eigenvalue weighted by Crippen LogP contribution is 2.49. The van der Waals surface area contributed by atoms with Gasteiger partial charge < -0.3 is 20.8 Å². The molecule has 2 atom stereocenters. The second-order valence-electron chi connectivity index (χ2n) is 7.56. The number of hydrogen-bond donors (Lipinski definition) is 4. The van der Waals surface area contributed by atoms with E-state index in [9.17, 15) is 15.0 Å². The summed E-state index contributed by atoms with van der Waals surface area (Å²) in [6, 6.07) is 0. The van der Waals surface area contributed by atoms with Crippen LogP contribution in [0.15, 0.2) is 34.8 Å². The van der Waals surface area contributed by atoms with E-state index in [4.69, 9.17) is 0 Å². The molecular formula is C19H26N2O3. The highest BCUT2D eigenvalue weighted by molar-refractivity contribution is 5.94. The van der Waals surface area contributed by atoms with Gasteiger partial charge in [0.25, 0.3) is 0 Å². The number of aliphatic carboxylic acids is 1. The summed E-state index contributed by atoms with van der Waals surface area (Å²) in [4.78, 5) is 12.0. The Morgan fingerprint density at radius 3 is 2.75 bits per heavy atom. The SMILES string of the molecule is O=C(O)C1=C2C=CCC3CCCCC23NC(C2CCNCC2)=C1O. The molecule has 0 aromatic carbocycles. The molecule has 4 aliphatic rings. The summed E-state index contributed by atoms with van der Waals surface area (Å²) >= 11 is 0. The maximum atomic E-state index is 12.0. The largest absolute Gasteiger partial charge is 0.505 e. The number of nitrogens with one attached hydrogen (secondary N) is 2. The fraction of sp³-hybridized carbons (Fsp3) is 0.632. The quantitative estimate of drug-likeness (QED) is 0.626. The van der Waals surface area contributed by atoms with E-state index in [2.05, 4.69) is 16.7 Å². The number of hydrogen-bond acceptors (Lipinski definition) is 4. The minimum Gasteiger partial charge on any atom is -0.505 e. The first-order chi connectivity index (χ1) is 11.6. The van der Waals surface area contributed by atoms with Gasteiger partial charge in [0.2, 0.25) is 0 Å². The monoisotopic (exact) mass is 330 g/mol. The Hall–Kier alpha value is -1.75. The molecule has 0 aromatic heterocycles. The molecule has 1 spiro atoms. The Morgan fingerprint density at radius 2 is 2.00 bits per heavy atom. The molecule has 130 valence electrons. The van der Waals surface area contributed by atoms with E-state index in [1.807, 2.05) is 6.08 Å². The molecule has 4 rings (SSSR count). The average molecular weight is 330 g/mol. The van der Waals surface area contributed by atoms with E-state index in [1.165, 1.54) is 6.42 Å². The van der Waals surface area contributed by atoms with E-state index in [-0.39, 0.29) is 22.8 Å². The summed E-state index contributed by atoms with van der Waals surface area (Å²) in [6.45, 7) is 1.83. The molecule has 2 aliphatic carbocycles. The van der Waals surface area contributed by atoms with Crippen LogP contribution >= 0.6 is 0 Å². The lowest BCUT2D eigenvalue weighted by molar-refractivity contribution is -0.132. The lowest BCUT2D eigenvalue weighted by Crippen LogP contribution is -2.58. The van der Waals surface area contributed by atoms with Crippen LogP contribution in [0.2, 0.25) is 0 Å². The van der Waals surface area contributed by atoms with Crippen LogP contribution in [0, 0.1) is 11.8 Å². The van der Waals surface area contributed by atoms with Crippen molar-refractivity contribution in [2.24, 2.45) is 11.8 Å². The van der Waals surface area contributed by atoms with E-state index < -0.39 is 5.97 Å². The summed E-state index contributed by atoms with van der Waals surface area (Å²) in [5, 5.41) is 27.7. The number of dihydropyridines is 1. The molecule has 2 aliphatic heterocycles. The number of aliphatic hydroxyl groups excluding tert-OH is 1. The fourth-order valence-corrected chi connectivity index (χ4v) is 5.14. The molecule has 0 amide bonds. The number of carboxylic acids is 1. The zero-order valence-corrected chi connectivity index (χ0v) is 14.0. The first-order valence-corrected chi connectivity index (χ1v) is 9.20. The molecule has 5 nitrogen and oxygen atoms in total. The van der Waals surface area contributed by atoms with Crippen molar-refractivity contribution in [3.05, 3.63) is 34.8 Å². The average Bonchev–Trinajstić information content (AvgIpc) is 2.60. The third-order valence-corrected chi connectivity index (χ3v) is 6.34. The fourth-order valence-electron chi connectivity index (χ4n) is 5.14. The minimum absolute atomic E-state index is 0.0362. The van der Waals surface area contributed by atoms with Crippen LogP contribution in [0.3, 0.4) is 0 Å². The molecule has 5 heteroatoms. The van der Waals surface area contributed by atoms with Crippen LogP contribution in [-0.4, -0.2) is 34.8 Å². The van der Waals surface area contributed by atoms with Gasteiger partial charge in [-0.15, -0.1) is 0 Å². The first kappa shape index (κ1) is 15.8. The predicted octanol–water partition coefficient (Wildman–Crippen LogP) is 2.63.